The summed E-state index contributed by atoms with van der Waals surface area (Å²) in [6.07, 6.45) is 11.7. The third-order valence-corrected chi connectivity index (χ3v) is 8.08. The Kier molecular flexibility index (Phi) is 4.96. The number of allylic oxidation sites excluding steroid dienone is 2. The van der Waals surface area contributed by atoms with Gasteiger partial charge in [-0.25, -0.2) is 0 Å². The van der Waals surface area contributed by atoms with Gasteiger partial charge in [0.25, 0.3) is 0 Å². The summed E-state index contributed by atoms with van der Waals surface area (Å²) in [5, 5.41) is 5.15. The van der Waals surface area contributed by atoms with Gasteiger partial charge in [-0.3, -0.25) is 0 Å². The van der Waals surface area contributed by atoms with Gasteiger partial charge in [0.05, 0.1) is 0 Å². The lowest BCUT2D eigenvalue weighted by molar-refractivity contribution is 0.884. The van der Waals surface area contributed by atoms with Crippen LogP contribution in [-0.4, -0.2) is 0 Å². The van der Waals surface area contributed by atoms with Crippen LogP contribution >= 0.6 is 11.3 Å². The van der Waals surface area contributed by atoms with Crippen molar-refractivity contribution in [2.45, 2.75) is 38.6 Å². The van der Waals surface area contributed by atoms with Gasteiger partial charge in [-0.2, -0.15) is 0 Å². The van der Waals surface area contributed by atoms with Crippen LogP contribution in [0.15, 0.2) is 72.8 Å². The average molecular weight is 434 g/mol. The minimum Gasteiger partial charge on any atom is -0.379 e. The van der Waals surface area contributed by atoms with Crippen molar-refractivity contribution in [2.75, 3.05) is 5.32 Å². The first kappa shape index (κ1) is 19.6. The monoisotopic (exact) mass is 433 g/mol. The normalized spacial score (nSPS) is 15.7. The number of aryl methyl sites for hydroxylation is 2. The summed E-state index contributed by atoms with van der Waals surface area (Å²) in [5.41, 5.74) is 9.79. The molecule has 0 bridgehead atoms. The molecule has 2 heteroatoms. The predicted molar refractivity (Wildman–Crippen MR) is 140 cm³/mol. The predicted octanol–water partition coefficient (Wildman–Crippen LogP) is 8.52. The number of anilines is 1. The van der Waals surface area contributed by atoms with Gasteiger partial charge >= 0.3 is 0 Å². The van der Waals surface area contributed by atoms with Crippen LogP contribution in [0, 0.1) is 0 Å². The summed E-state index contributed by atoms with van der Waals surface area (Å²) in [5.74, 6) is 0. The fourth-order valence-electron chi connectivity index (χ4n) is 5.11. The molecule has 2 aliphatic carbocycles. The third kappa shape index (κ3) is 3.49. The Morgan fingerprint density at radius 3 is 2.72 bits per heavy atom. The van der Waals surface area contributed by atoms with Gasteiger partial charge in [-0.05, 0) is 89.6 Å². The molecule has 1 N–H and O–H groups in total. The molecule has 0 radical (unpaired) electrons. The zero-order valence-electron chi connectivity index (χ0n) is 18.4. The Morgan fingerprint density at radius 2 is 1.81 bits per heavy atom. The van der Waals surface area contributed by atoms with Crippen LogP contribution in [-0.2, 0) is 12.8 Å². The summed E-state index contributed by atoms with van der Waals surface area (Å²) in [7, 11) is 0. The summed E-state index contributed by atoms with van der Waals surface area (Å²) in [6.45, 7) is 2.22. The molecule has 0 spiro atoms. The van der Waals surface area contributed by atoms with Crippen molar-refractivity contribution in [3.05, 3.63) is 106 Å². The zero-order chi connectivity index (χ0) is 21.5. The van der Waals surface area contributed by atoms with Crippen molar-refractivity contribution in [1.82, 2.24) is 0 Å². The van der Waals surface area contributed by atoms with Crippen LogP contribution < -0.4 is 5.32 Å². The van der Waals surface area contributed by atoms with E-state index in [0.717, 1.165) is 12.8 Å². The molecule has 3 aromatic carbocycles. The van der Waals surface area contributed by atoms with Crippen molar-refractivity contribution >= 4 is 44.8 Å². The second-order valence-electron chi connectivity index (χ2n) is 8.93. The molecule has 32 heavy (non-hydrogen) atoms. The van der Waals surface area contributed by atoms with E-state index in [1.807, 2.05) is 11.3 Å². The van der Waals surface area contributed by atoms with Crippen LogP contribution in [0.25, 0.3) is 27.8 Å². The van der Waals surface area contributed by atoms with Gasteiger partial charge in [0.2, 0.25) is 0 Å². The van der Waals surface area contributed by atoms with Crippen LogP contribution in [0.1, 0.15) is 58.5 Å². The van der Waals surface area contributed by atoms with E-state index in [1.54, 1.807) is 5.56 Å². The largest absolute Gasteiger partial charge is 0.379 e. The van der Waals surface area contributed by atoms with Crippen LogP contribution in [0.2, 0.25) is 0 Å². The molecule has 0 saturated heterocycles. The first-order chi connectivity index (χ1) is 15.8. The van der Waals surface area contributed by atoms with E-state index in [2.05, 4.69) is 97.2 Å². The highest BCUT2D eigenvalue weighted by atomic mass is 32.1. The first-order valence-corrected chi connectivity index (χ1v) is 12.4. The highest BCUT2D eigenvalue weighted by Gasteiger charge is 2.20. The second kappa shape index (κ2) is 8.11. The highest BCUT2D eigenvalue weighted by Crippen LogP contribution is 2.43. The number of rotatable bonds is 4. The number of benzene rings is 3. The number of thiophene rings is 1. The molecule has 1 unspecified atom stereocenters. The van der Waals surface area contributed by atoms with Crippen molar-refractivity contribution in [3.63, 3.8) is 0 Å². The van der Waals surface area contributed by atoms with Crippen LogP contribution in [0.4, 0.5) is 5.69 Å². The van der Waals surface area contributed by atoms with Gasteiger partial charge in [0, 0.05) is 21.3 Å². The van der Waals surface area contributed by atoms with Crippen molar-refractivity contribution in [3.8, 4) is 0 Å². The topological polar surface area (TPSA) is 12.0 Å². The standard InChI is InChI=1S/C30H27NS/c1-20(21-8-3-2-4-9-21)31-25-12-7-11-23(18-25)24-15-16-27-28-17-14-22-10-5-6-13-26(22)30(28)32-29(27)19-24/h2-4,6-9,11-14,17-20,31H,5,10,15-16H2,1H3. The molecule has 6 rings (SSSR count). The van der Waals surface area contributed by atoms with E-state index in [4.69, 9.17) is 0 Å². The Hall–Kier alpha value is -3.10. The van der Waals surface area contributed by atoms with Crippen molar-refractivity contribution in [1.29, 1.82) is 0 Å². The number of hydrogen-bond donors (Lipinski definition) is 1. The van der Waals surface area contributed by atoms with Gasteiger partial charge in [-0.15, -0.1) is 11.3 Å². The minimum atomic E-state index is 0.278. The molecule has 158 valence electrons. The Labute approximate surface area is 194 Å². The van der Waals surface area contributed by atoms with E-state index in [1.165, 1.54) is 61.3 Å². The SMILES string of the molecule is CC(Nc1cccc(C2=Cc3sc4c5c(ccc4c3CC2)CCC=C5)c1)c1ccccc1. The lowest BCUT2D eigenvalue weighted by Crippen LogP contribution is -2.06. The van der Waals surface area contributed by atoms with E-state index < -0.39 is 0 Å². The van der Waals surface area contributed by atoms with Crippen LogP contribution in [0.5, 0.6) is 0 Å². The molecule has 0 fully saturated rings. The summed E-state index contributed by atoms with van der Waals surface area (Å²) in [4.78, 5) is 1.45. The Balaban J connectivity index is 1.32. The maximum absolute atomic E-state index is 3.68. The Morgan fingerprint density at radius 1 is 0.906 bits per heavy atom. The zero-order valence-corrected chi connectivity index (χ0v) is 19.2. The molecule has 1 atom stereocenters. The fraction of sp³-hybridized carbons (Fsp3) is 0.200. The number of nitrogens with one attached hydrogen (secondary N) is 1. The minimum absolute atomic E-state index is 0.278. The van der Waals surface area contributed by atoms with Gasteiger partial charge in [0.1, 0.15) is 0 Å². The maximum Gasteiger partial charge on any atom is 0.0485 e. The fourth-order valence-corrected chi connectivity index (χ4v) is 6.48. The molecule has 0 amide bonds. The molecule has 1 heterocycles. The molecule has 1 aromatic heterocycles. The van der Waals surface area contributed by atoms with E-state index in [-0.39, 0.29) is 6.04 Å². The summed E-state index contributed by atoms with van der Waals surface area (Å²) >= 11 is 1.98. The lowest BCUT2D eigenvalue weighted by Gasteiger charge is -2.18. The average Bonchev–Trinajstić information content (AvgIpc) is 3.23. The molecular weight excluding hydrogens is 406 g/mol. The van der Waals surface area contributed by atoms with Gasteiger partial charge in [-0.1, -0.05) is 66.7 Å². The smallest absolute Gasteiger partial charge is 0.0485 e. The maximum atomic E-state index is 3.68. The third-order valence-electron chi connectivity index (χ3n) is 6.85. The van der Waals surface area contributed by atoms with Crippen molar-refractivity contribution in [2.24, 2.45) is 0 Å². The van der Waals surface area contributed by atoms with Crippen molar-refractivity contribution < 1.29 is 0 Å². The highest BCUT2D eigenvalue weighted by molar-refractivity contribution is 7.20. The molecular formula is C30H27NS. The van der Waals surface area contributed by atoms with E-state index in [9.17, 15) is 0 Å². The summed E-state index contributed by atoms with van der Waals surface area (Å²) in [6, 6.07) is 24.6. The molecule has 0 saturated carbocycles. The molecule has 1 nitrogen and oxygen atoms in total. The molecule has 0 aliphatic heterocycles. The van der Waals surface area contributed by atoms with E-state index >= 15 is 0 Å². The number of hydrogen-bond acceptors (Lipinski definition) is 2. The molecule has 2 aliphatic rings. The van der Waals surface area contributed by atoms with Gasteiger partial charge in [0.15, 0.2) is 0 Å². The van der Waals surface area contributed by atoms with E-state index in [0.29, 0.717) is 0 Å². The summed E-state index contributed by atoms with van der Waals surface area (Å²) < 4.78 is 1.48. The quantitative estimate of drug-likeness (QED) is 0.340. The Bertz CT molecular complexity index is 1360. The lowest BCUT2D eigenvalue weighted by atomic mass is 9.89. The van der Waals surface area contributed by atoms with Gasteiger partial charge < -0.3 is 5.32 Å². The first-order valence-electron chi connectivity index (χ1n) is 11.6. The second-order valence-corrected chi connectivity index (χ2v) is 9.98. The van der Waals surface area contributed by atoms with Crippen LogP contribution in [0.3, 0.4) is 0 Å². The molecule has 4 aromatic rings. The number of fused-ring (bicyclic) bond motifs is 5.